The smallest absolute Gasteiger partial charge is 0.326 e. The molecule has 4 aliphatic carbocycles. The number of nitrogens with one attached hydrogen (secondary N) is 1. The summed E-state index contributed by atoms with van der Waals surface area (Å²) >= 11 is 0. The molecule has 0 aliphatic heterocycles. The number of rotatable bonds is 8. The molecule has 0 aromatic heterocycles. The Morgan fingerprint density at radius 2 is 1.54 bits per heavy atom. The summed E-state index contributed by atoms with van der Waals surface area (Å²) in [5.41, 5.74) is -0.0929. The molecule has 0 saturated heterocycles. The van der Waals surface area contributed by atoms with Crippen molar-refractivity contribution in [2.45, 2.75) is 109 Å². The van der Waals surface area contributed by atoms with Gasteiger partial charge in [-0.3, -0.25) is 9.59 Å². The van der Waals surface area contributed by atoms with Crippen molar-refractivity contribution in [2.75, 3.05) is 0 Å². The van der Waals surface area contributed by atoms with E-state index in [0.717, 1.165) is 38.5 Å². The number of aliphatic carboxylic acids is 2. The minimum Gasteiger partial charge on any atom is -0.481 e. The third kappa shape index (κ3) is 5.03. The molecule has 6 N–H and O–H groups in total. The summed E-state index contributed by atoms with van der Waals surface area (Å²) in [5, 5.41) is 53.3. The van der Waals surface area contributed by atoms with Gasteiger partial charge in [-0.1, -0.05) is 20.8 Å². The van der Waals surface area contributed by atoms with Crippen LogP contribution in [0.2, 0.25) is 0 Å². The molecule has 1 amide bonds. The number of carbonyl (C=O) groups excluding carboxylic acids is 1. The summed E-state index contributed by atoms with van der Waals surface area (Å²) in [7, 11) is 0. The second-order valence-electron chi connectivity index (χ2n) is 13.1. The van der Waals surface area contributed by atoms with Crippen molar-refractivity contribution in [3.05, 3.63) is 0 Å². The van der Waals surface area contributed by atoms with Gasteiger partial charge in [-0.05, 0) is 97.7 Å². The molecule has 0 spiro atoms. The number of aliphatic hydroxyl groups excluding tert-OH is 3. The molecule has 0 aromatic rings. The Hall–Kier alpha value is -1.71. The number of carboxylic acid groups (broad SMARTS) is 2. The Morgan fingerprint density at radius 3 is 2.19 bits per heavy atom. The first-order valence-electron chi connectivity index (χ1n) is 14.1. The maximum Gasteiger partial charge on any atom is 0.326 e. The van der Waals surface area contributed by atoms with Gasteiger partial charge in [-0.25, -0.2) is 4.79 Å². The zero-order valence-corrected chi connectivity index (χ0v) is 22.3. The Morgan fingerprint density at radius 1 is 0.892 bits per heavy atom. The second kappa shape index (κ2) is 10.5. The van der Waals surface area contributed by atoms with E-state index in [1.165, 1.54) is 0 Å². The van der Waals surface area contributed by atoms with Crippen molar-refractivity contribution in [3.8, 4) is 0 Å². The van der Waals surface area contributed by atoms with Crippen molar-refractivity contribution in [1.82, 2.24) is 5.32 Å². The van der Waals surface area contributed by atoms with Crippen LogP contribution < -0.4 is 5.32 Å². The van der Waals surface area contributed by atoms with Crippen LogP contribution in [0.3, 0.4) is 0 Å². The van der Waals surface area contributed by atoms with Crippen LogP contribution in [0.5, 0.6) is 0 Å². The van der Waals surface area contributed by atoms with Crippen molar-refractivity contribution in [2.24, 2.45) is 46.3 Å². The molecule has 12 atom stereocenters. The second-order valence-corrected chi connectivity index (χ2v) is 13.1. The average Bonchev–Trinajstić information content (AvgIpc) is 3.18. The fourth-order valence-corrected chi connectivity index (χ4v) is 9.42. The highest BCUT2D eigenvalue weighted by Crippen LogP contribution is 2.68. The Balaban J connectivity index is 1.43. The van der Waals surface area contributed by atoms with E-state index in [1.807, 2.05) is 0 Å². The van der Waals surface area contributed by atoms with Crippen molar-refractivity contribution in [3.63, 3.8) is 0 Å². The fourth-order valence-electron chi connectivity index (χ4n) is 9.42. The molecule has 4 saturated carbocycles. The van der Waals surface area contributed by atoms with Crippen LogP contribution in [0.1, 0.15) is 85.0 Å². The quantitative estimate of drug-likeness (QED) is 0.282. The van der Waals surface area contributed by atoms with Gasteiger partial charge in [0.2, 0.25) is 5.91 Å². The van der Waals surface area contributed by atoms with Gasteiger partial charge >= 0.3 is 11.9 Å². The monoisotopic (exact) mass is 523 g/mol. The standard InChI is InChI=1S/C28H45NO8/c1-14(4-7-21(31)29-20(26(36)37)13-22(32)33)16-5-6-17-23-18(9-11-27(16,17)2)28(3)10-8-15(30)12-19(28)24(34)25(23)35/h14-20,23-25,30,34-35H,4-13H2,1-3H3,(H,29,31)(H,32,33)(H,36,37)/t14-,15-,16-,17+,18+,19+,20+,23+,24-,25+,27-,28-/m1/s1. The summed E-state index contributed by atoms with van der Waals surface area (Å²) in [4.78, 5) is 34.6. The molecule has 37 heavy (non-hydrogen) atoms. The number of hydrogen-bond donors (Lipinski definition) is 6. The van der Waals surface area contributed by atoms with Crippen molar-refractivity contribution < 1.29 is 39.9 Å². The number of aliphatic hydroxyl groups is 3. The SMILES string of the molecule is C[C@H](CCC(=O)N[C@@H](CC(=O)O)C(=O)O)[C@H]1CC[C@H]2[C@@H]3[C@H](O)[C@H](O)[C@@H]4C[C@H](O)CC[C@]4(C)[C@H]3CC[C@]12C. The van der Waals surface area contributed by atoms with Crippen LogP contribution in [0.4, 0.5) is 0 Å². The summed E-state index contributed by atoms with van der Waals surface area (Å²) in [5.74, 6) is -1.97. The Bertz CT molecular complexity index is 895. The number of amides is 1. The first-order chi connectivity index (χ1) is 17.3. The molecular weight excluding hydrogens is 478 g/mol. The highest BCUT2D eigenvalue weighted by molar-refractivity contribution is 5.86. The van der Waals surface area contributed by atoms with Gasteiger partial charge in [-0.15, -0.1) is 0 Å². The largest absolute Gasteiger partial charge is 0.481 e. The number of hydrogen-bond acceptors (Lipinski definition) is 6. The van der Waals surface area contributed by atoms with Crippen LogP contribution >= 0.6 is 0 Å². The predicted octanol–water partition coefficient (Wildman–Crippen LogP) is 2.41. The zero-order chi connectivity index (χ0) is 27.3. The highest BCUT2D eigenvalue weighted by atomic mass is 16.4. The predicted molar refractivity (Wildman–Crippen MR) is 134 cm³/mol. The van der Waals surface area contributed by atoms with Gasteiger partial charge < -0.3 is 30.8 Å². The average molecular weight is 524 g/mol. The van der Waals surface area contributed by atoms with Gasteiger partial charge in [0, 0.05) is 6.42 Å². The molecule has 0 heterocycles. The van der Waals surface area contributed by atoms with Crippen LogP contribution in [0.25, 0.3) is 0 Å². The van der Waals surface area contributed by atoms with E-state index >= 15 is 0 Å². The lowest BCUT2D eigenvalue weighted by molar-refractivity contribution is -0.223. The van der Waals surface area contributed by atoms with Crippen LogP contribution in [0, 0.1) is 46.3 Å². The molecule has 0 aromatic carbocycles. The molecule has 0 unspecified atom stereocenters. The van der Waals surface area contributed by atoms with Gasteiger partial charge in [-0.2, -0.15) is 0 Å². The molecular formula is C28H45NO8. The van der Waals surface area contributed by atoms with E-state index < -0.39 is 48.6 Å². The van der Waals surface area contributed by atoms with E-state index in [-0.39, 0.29) is 40.9 Å². The van der Waals surface area contributed by atoms with E-state index in [1.54, 1.807) is 0 Å². The number of carboxylic acids is 2. The number of carbonyl (C=O) groups is 3. The third-order valence-corrected chi connectivity index (χ3v) is 11.3. The molecule has 4 rings (SSSR count). The van der Waals surface area contributed by atoms with Crippen LogP contribution in [-0.4, -0.2) is 67.7 Å². The van der Waals surface area contributed by atoms with E-state index in [0.29, 0.717) is 24.7 Å². The van der Waals surface area contributed by atoms with Crippen molar-refractivity contribution in [1.29, 1.82) is 0 Å². The molecule has 0 radical (unpaired) electrons. The van der Waals surface area contributed by atoms with Gasteiger partial charge in [0.05, 0.1) is 24.7 Å². The lowest BCUT2D eigenvalue weighted by atomic mass is 9.43. The fraction of sp³-hybridized carbons (Fsp3) is 0.893. The van der Waals surface area contributed by atoms with Crippen molar-refractivity contribution >= 4 is 17.8 Å². The summed E-state index contributed by atoms with van der Waals surface area (Å²) in [6, 6.07) is -1.44. The van der Waals surface area contributed by atoms with E-state index in [2.05, 4.69) is 26.1 Å². The normalized spacial score (nSPS) is 44.6. The third-order valence-electron chi connectivity index (χ3n) is 11.3. The summed E-state index contributed by atoms with van der Waals surface area (Å²) in [6.45, 7) is 6.71. The Kier molecular flexibility index (Phi) is 8.00. The lowest BCUT2D eigenvalue weighted by Crippen LogP contribution is -2.64. The first kappa shape index (κ1) is 28.3. The molecule has 4 fully saturated rings. The maximum atomic E-state index is 12.4. The molecule has 9 nitrogen and oxygen atoms in total. The highest BCUT2D eigenvalue weighted by Gasteiger charge is 2.65. The molecule has 0 bridgehead atoms. The topological polar surface area (TPSA) is 164 Å². The Labute approximate surface area is 219 Å². The molecule has 9 heteroatoms. The van der Waals surface area contributed by atoms with Gasteiger partial charge in [0.15, 0.2) is 0 Å². The maximum absolute atomic E-state index is 12.4. The summed E-state index contributed by atoms with van der Waals surface area (Å²) in [6.07, 6.45) is 4.21. The lowest BCUT2D eigenvalue weighted by Gasteiger charge is -2.63. The van der Waals surface area contributed by atoms with Crippen LogP contribution in [0.15, 0.2) is 0 Å². The van der Waals surface area contributed by atoms with E-state index in [9.17, 15) is 34.8 Å². The molecule has 4 aliphatic rings. The van der Waals surface area contributed by atoms with Crippen LogP contribution in [-0.2, 0) is 14.4 Å². The zero-order valence-electron chi connectivity index (χ0n) is 22.3. The minimum atomic E-state index is -1.44. The van der Waals surface area contributed by atoms with Gasteiger partial charge in [0.1, 0.15) is 6.04 Å². The summed E-state index contributed by atoms with van der Waals surface area (Å²) < 4.78 is 0. The number of fused-ring (bicyclic) bond motifs is 5. The minimum absolute atomic E-state index is 0.0119. The van der Waals surface area contributed by atoms with Gasteiger partial charge in [0.25, 0.3) is 0 Å². The van der Waals surface area contributed by atoms with E-state index in [4.69, 9.17) is 5.11 Å². The molecule has 210 valence electrons. The first-order valence-corrected chi connectivity index (χ1v) is 14.1.